The Morgan fingerprint density at radius 2 is 2.00 bits per heavy atom. The molecular weight excluding hydrogens is 366 g/mol. The maximum atomic E-state index is 12.8. The van der Waals surface area contributed by atoms with Crippen LogP contribution in [0.1, 0.15) is 45.9 Å². The third-order valence-electron chi connectivity index (χ3n) is 6.20. The van der Waals surface area contributed by atoms with Gasteiger partial charge in [0.05, 0.1) is 4.88 Å². The van der Waals surface area contributed by atoms with E-state index in [0.29, 0.717) is 0 Å². The molecule has 1 aromatic carbocycles. The second-order valence-electron chi connectivity index (χ2n) is 8.28. The SMILES string of the molecule is CCN1CCN(c2ccc(NC(=O)c3cc4c(s3)CCC(C)C4)c(C)c2)CC1. The van der Waals surface area contributed by atoms with Gasteiger partial charge in [0.1, 0.15) is 0 Å². The minimum absolute atomic E-state index is 0.0273. The highest BCUT2D eigenvalue weighted by molar-refractivity contribution is 7.14. The van der Waals surface area contributed by atoms with Crippen molar-refractivity contribution >= 4 is 28.6 Å². The molecule has 4 rings (SSSR count). The summed E-state index contributed by atoms with van der Waals surface area (Å²) in [5.41, 5.74) is 4.68. The lowest BCUT2D eigenvalue weighted by Gasteiger charge is -2.35. The Morgan fingerprint density at radius 3 is 2.71 bits per heavy atom. The first-order chi connectivity index (χ1) is 13.5. The normalized spacial score (nSPS) is 20.1. The maximum Gasteiger partial charge on any atom is 0.265 e. The number of fused-ring (bicyclic) bond motifs is 1. The molecule has 0 bridgehead atoms. The van der Waals surface area contributed by atoms with Crippen LogP contribution in [0.15, 0.2) is 24.3 Å². The van der Waals surface area contributed by atoms with Crippen LogP contribution in [0.3, 0.4) is 0 Å². The first-order valence-corrected chi connectivity index (χ1v) is 11.4. The van der Waals surface area contributed by atoms with Gasteiger partial charge < -0.3 is 15.1 Å². The molecule has 1 atom stereocenters. The summed E-state index contributed by atoms with van der Waals surface area (Å²) in [5, 5.41) is 3.14. The van der Waals surface area contributed by atoms with Gasteiger partial charge in [-0.1, -0.05) is 13.8 Å². The first kappa shape index (κ1) is 19.5. The summed E-state index contributed by atoms with van der Waals surface area (Å²) in [5.74, 6) is 0.756. The van der Waals surface area contributed by atoms with Gasteiger partial charge >= 0.3 is 0 Å². The molecule has 5 heteroatoms. The van der Waals surface area contributed by atoms with Crippen molar-refractivity contribution in [3.63, 3.8) is 0 Å². The number of benzene rings is 1. The van der Waals surface area contributed by atoms with E-state index in [2.05, 4.69) is 60.2 Å². The molecule has 2 aromatic rings. The molecule has 0 saturated carbocycles. The van der Waals surface area contributed by atoms with E-state index in [1.165, 1.54) is 22.5 Å². The largest absolute Gasteiger partial charge is 0.369 e. The van der Waals surface area contributed by atoms with E-state index in [9.17, 15) is 4.79 Å². The number of nitrogens with zero attached hydrogens (tertiary/aromatic N) is 2. The van der Waals surface area contributed by atoms with Gasteiger partial charge in [-0.2, -0.15) is 0 Å². The van der Waals surface area contributed by atoms with Crippen LogP contribution in [0.5, 0.6) is 0 Å². The van der Waals surface area contributed by atoms with Crippen molar-refractivity contribution in [3.05, 3.63) is 45.1 Å². The van der Waals surface area contributed by atoms with Crippen LogP contribution in [0.4, 0.5) is 11.4 Å². The molecule has 0 radical (unpaired) electrons. The van der Waals surface area contributed by atoms with Gasteiger partial charge in [-0.3, -0.25) is 4.79 Å². The fraction of sp³-hybridized carbons (Fsp3) is 0.522. The molecule has 1 aromatic heterocycles. The summed E-state index contributed by atoms with van der Waals surface area (Å²) in [6.45, 7) is 12.1. The van der Waals surface area contributed by atoms with E-state index in [-0.39, 0.29) is 5.91 Å². The van der Waals surface area contributed by atoms with Crippen LogP contribution in [0.25, 0.3) is 0 Å². The minimum atomic E-state index is 0.0273. The Labute approximate surface area is 172 Å². The van der Waals surface area contributed by atoms with Crippen LogP contribution in [-0.2, 0) is 12.8 Å². The number of amides is 1. The predicted molar refractivity (Wildman–Crippen MR) is 119 cm³/mol. The molecule has 1 fully saturated rings. The fourth-order valence-electron chi connectivity index (χ4n) is 4.31. The lowest BCUT2D eigenvalue weighted by atomic mass is 9.90. The third-order valence-corrected chi connectivity index (χ3v) is 7.43. The number of rotatable bonds is 4. The second-order valence-corrected chi connectivity index (χ2v) is 9.42. The molecule has 1 N–H and O–H groups in total. The Balaban J connectivity index is 1.43. The number of carbonyl (C=O) groups is 1. The van der Waals surface area contributed by atoms with Crippen molar-refractivity contribution in [1.82, 2.24) is 4.90 Å². The zero-order valence-corrected chi connectivity index (χ0v) is 18.1. The van der Waals surface area contributed by atoms with Gasteiger partial charge in [0.25, 0.3) is 5.91 Å². The highest BCUT2D eigenvalue weighted by Crippen LogP contribution is 2.33. The van der Waals surface area contributed by atoms with E-state index >= 15 is 0 Å². The van der Waals surface area contributed by atoms with Crippen molar-refractivity contribution in [2.24, 2.45) is 5.92 Å². The topological polar surface area (TPSA) is 35.6 Å². The van der Waals surface area contributed by atoms with Crippen molar-refractivity contribution in [2.45, 2.75) is 40.0 Å². The Bertz CT molecular complexity index is 852. The van der Waals surface area contributed by atoms with Crippen LogP contribution in [0, 0.1) is 12.8 Å². The zero-order chi connectivity index (χ0) is 19.7. The number of piperazine rings is 1. The molecule has 1 saturated heterocycles. The molecule has 0 spiro atoms. The molecule has 1 aliphatic carbocycles. The molecule has 1 amide bonds. The predicted octanol–water partition coefficient (Wildman–Crippen LogP) is 4.58. The van der Waals surface area contributed by atoms with Gasteiger partial charge in [-0.05, 0) is 74.0 Å². The highest BCUT2D eigenvalue weighted by Gasteiger charge is 2.21. The summed E-state index contributed by atoms with van der Waals surface area (Å²) in [7, 11) is 0. The van der Waals surface area contributed by atoms with Crippen LogP contribution in [0.2, 0.25) is 0 Å². The molecule has 4 nitrogen and oxygen atoms in total. The smallest absolute Gasteiger partial charge is 0.265 e. The monoisotopic (exact) mass is 397 g/mol. The third kappa shape index (κ3) is 4.11. The molecule has 1 aliphatic heterocycles. The Kier molecular flexibility index (Phi) is 5.74. The highest BCUT2D eigenvalue weighted by atomic mass is 32.1. The van der Waals surface area contributed by atoms with E-state index in [1.807, 2.05) is 0 Å². The van der Waals surface area contributed by atoms with E-state index in [1.54, 1.807) is 11.3 Å². The average molecular weight is 398 g/mol. The number of anilines is 2. The number of likely N-dealkylation sites (N-methyl/N-ethyl adjacent to an activating group) is 1. The quantitative estimate of drug-likeness (QED) is 0.820. The zero-order valence-electron chi connectivity index (χ0n) is 17.3. The van der Waals surface area contributed by atoms with Crippen molar-refractivity contribution in [1.29, 1.82) is 0 Å². The number of carbonyl (C=O) groups excluding carboxylic acids is 1. The fourth-order valence-corrected chi connectivity index (χ4v) is 5.41. The van der Waals surface area contributed by atoms with Crippen LogP contribution < -0.4 is 10.2 Å². The number of aryl methyl sites for hydroxylation is 2. The van der Waals surface area contributed by atoms with Crippen molar-refractivity contribution < 1.29 is 4.79 Å². The minimum Gasteiger partial charge on any atom is -0.369 e. The van der Waals surface area contributed by atoms with E-state index in [0.717, 1.165) is 67.6 Å². The second kappa shape index (κ2) is 8.26. The summed E-state index contributed by atoms with van der Waals surface area (Å²) in [6, 6.07) is 8.52. The standard InChI is InChI=1S/C23H31N3OS/c1-4-25-9-11-26(12-10-25)19-6-7-20(17(3)14-19)24-23(27)22-15-18-13-16(2)5-8-21(18)28-22/h6-7,14-16H,4-5,8-13H2,1-3H3,(H,24,27). The molecule has 150 valence electrons. The molecule has 28 heavy (non-hydrogen) atoms. The van der Waals surface area contributed by atoms with Gasteiger partial charge in [0, 0.05) is 42.4 Å². The number of hydrogen-bond donors (Lipinski definition) is 1. The van der Waals surface area contributed by atoms with E-state index in [4.69, 9.17) is 0 Å². The lowest BCUT2D eigenvalue weighted by molar-refractivity contribution is 0.103. The Hall–Kier alpha value is -1.85. The molecular formula is C23H31N3OS. The van der Waals surface area contributed by atoms with Gasteiger partial charge in [-0.15, -0.1) is 11.3 Å². The van der Waals surface area contributed by atoms with Crippen LogP contribution in [-0.4, -0.2) is 43.5 Å². The van der Waals surface area contributed by atoms with Gasteiger partial charge in [0.15, 0.2) is 0 Å². The molecule has 2 aliphatic rings. The molecule has 2 heterocycles. The summed E-state index contributed by atoms with van der Waals surface area (Å²) in [4.78, 5) is 20.0. The maximum absolute atomic E-state index is 12.8. The summed E-state index contributed by atoms with van der Waals surface area (Å²) in [6.07, 6.45) is 3.47. The average Bonchev–Trinajstić information content (AvgIpc) is 3.13. The van der Waals surface area contributed by atoms with E-state index < -0.39 is 0 Å². The number of nitrogens with one attached hydrogen (secondary N) is 1. The number of thiophene rings is 1. The summed E-state index contributed by atoms with van der Waals surface area (Å²) >= 11 is 1.67. The van der Waals surface area contributed by atoms with Crippen LogP contribution >= 0.6 is 11.3 Å². The van der Waals surface area contributed by atoms with Crippen molar-refractivity contribution in [3.8, 4) is 0 Å². The lowest BCUT2D eigenvalue weighted by Crippen LogP contribution is -2.46. The molecule has 1 unspecified atom stereocenters. The first-order valence-electron chi connectivity index (χ1n) is 10.5. The van der Waals surface area contributed by atoms with Gasteiger partial charge in [0.2, 0.25) is 0 Å². The van der Waals surface area contributed by atoms with Gasteiger partial charge in [-0.25, -0.2) is 0 Å². The number of hydrogen-bond acceptors (Lipinski definition) is 4. The van der Waals surface area contributed by atoms with Crippen molar-refractivity contribution in [2.75, 3.05) is 42.9 Å². The summed E-state index contributed by atoms with van der Waals surface area (Å²) < 4.78 is 0. The Morgan fingerprint density at radius 1 is 1.21 bits per heavy atom.